The number of ether oxygens (including phenoxy) is 1. The number of hydrogen-bond acceptors (Lipinski definition) is 5. The van der Waals surface area contributed by atoms with Gasteiger partial charge in [0.25, 0.3) is 0 Å². The summed E-state index contributed by atoms with van der Waals surface area (Å²) in [4.78, 5) is 26.1. The number of aliphatic hydroxyl groups excluding tert-OH is 2. The molecule has 0 aromatic carbocycles. The highest BCUT2D eigenvalue weighted by Crippen LogP contribution is 2.17. The van der Waals surface area contributed by atoms with E-state index < -0.39 is 18.2 Å². The fraction of sp³-hybridized carbons (Fsp3) is 0.750. The van der Waals surface area contributed by atoms with Gasteiger partial charge in [-0.05, 0) is 96.3 Å². The SMILES string of the molecule is CC/C=C\C/C=C\C/C=C\C/C=C\C/C=C\CCCCCC(=O)OC(CCCCCCC/C=C/CCCCCCCC)CC(=O)NC(CO)C(O)CCCCCCCCCCC. The third-order valence-electron chi connectivity index (χ3n) is 11.5. The monoisotopic (exact) mass is 866 g/mol. The van der Waals surface area contributed by atoms with Gasteiger partial charge < -0.3 is 20.3 Å². The minimum absolute atomic E-state index is 0.0560. The third kappa shape index (κ3) is 43.9. The number of amides is 1. The van der Waals surface area contributed by atoms with E-state index >= 15 is 0 Å². The lowest BCUT2D eigenvalue weighted by molar-refractivity contribution is -0.151. The Labute approximate surface area is 383 Å². The number of nitrogens with one attached hydrogen (secondary N) is 1. The molecule has 0 radical (unpaired) electrons. The number of allylic oxidation sites excluding steroid dienone is 12. The topological polar surface area (TPSA) is 95.9 Å². The number of hydrogen-bond donors (Lipinski definition) is 3. The number of rotatable bonds is 46. The van der Waals surface area contributed by atoms with Gasteiger partial charge in [0.1, 0.15) is 6.10 Å². The van der Waals surface area contributed by atoms with Crippen LogP contribution in [0.2, 0.25) is 0 Å². The van der Waals surface area contributed by atoms with E-state index in [1.54, 1.807) is 0 Å². The maximum absolute atomic E-state index is 13.2. The maximum atomic E-state index is 13.2. The molecule has 0 saturated carbocycles. The molecule has 0 rings (SSSR count). The quantitative estimate of drug-likeness (QED) is 0.0322. The molecule has 3 unspecified atom stereocenters. The van der Waals surface area contributed by atoms with Crippen LogP contribution in [-0.4, -0.2) is 46.9 Å². The molecular weight excluding hydrogens is 767 g/mol. The minimum atomic E-state index is -0.797. The van der Waals surface area contributed by atoms with Gasteiger partial charge in [0.15, 0.2) is 0 Å². The highest BCUT2D eigenvalue weighted by molar-refractivity contribution is 5.77. The molecule has 0 fully saturated rings. The Hall–Kier alpha value is -2.70. The number of unbranched alkanes of at least 4 members (excludes halogenated alkanes) is 22. The van der Waals surface area contributed by atoms with Crippen LogP contribution in [0.3, 0.4) is 0 Å². The Bertz CT molecular complexity index is 1150. The van der Waals surface area contributed by atoms with Crippen molar-refractivity contribution in [3.8, 4) is 0 Å². The van der Waals surface area contributed by atoms with Crippen molar-refractivity contribution in [2.24, 2.45) is 0 Å². The van der Waals surface area contributed by atoms with E-state index in [1.165, 1.54) is 96.3 Å². The average molecular weight is 866 g/mol. The molecule has 3 N–H and O–H groups in total. The predicted octanol–water partition coefficient (Wildman–Crippen LogP) is 15.8. The fourth-order valence-electron chi connectivity index (χ4n) is 7.57. The molecule has 6 nitrogen and oxygen atoms in total. The highest BCUT2D eigenvalue weighted by Gasteiger charge is 2.24. The Morgan fingerprint density at radius 2 is 0.871 bits per heavy atom. The summed E-state index contributed by atoms with van der Waals surface area (Å²) in [6.07, 6.45) is 62.5. The van der Waals surface area contributed by atoms with E-state index in [0.29, 0.717) is 19.3 Å². The zero-order valence-corrected chi connectivity index (χ0v) is 40.7. The van der Waals surface area contributed by atoms with E-state index in [2.05, 4.69) is 99.0 Å². The van der Waals surface area contributed by atoms with Gasteiger partial charge in [0.05, 0.1) is 25.2 Å². The van der Waals surface area contributed by atoms with Gasteiger partial charge >= 0.3 is 5.97 Å². The number of carbonyl (C=O) groups excluding carboxylic acids is 2. The average Bonchev–Trinajstić information content (AvgIpc) is 3.26. The number of aliphatic hydroxyl groups is 2. The molecule has 358 valence electrons. The van der Waals surface area contributed by atoms with Crippen LogP contribution in [0.4, 0.5) is 0 Å². The largest absolute Gasteiger partial charge is 0.462 e. The van der Waals surface area contributed by atoms with Gasteiger partial charge in [0, 0.05) is 6.42 Å². The first-order valence-corrected chi connectivity index (χ1v) is 26.2. The van der Waals surface area contributed by atoms with Crippen LogP contribution in [0.1, 0.15) is 245 Å². The molecule has 6 heteroatoms. The second-order valence-electron chi connectivity index (χ2n) is 17.5. The summed E-state index contributed by atoms with van der Waals surface area (Å²) < 4.78 is 5.92. The Morgan fingerprint density at radius 3 is 1.34 bits per heavy atom. The first-order chi connectivity index (χ1) is 30.5. The first kappa shape index (κ1) is 59.3. The molecule has 1 amide bonds. The van der Waals surface area contributed by atoms with Gasteiger partial charge in [-0.2, -0.15) is 0 Å². The van der Waals surface area contributed by atoms with Crippen LogP contribution < -0.4 is 5.32 Å². The van der Waals surface area contributed by atoms with E-state index in [9.17, 15) is 19.8 Å². The van der Waals surface area contributed by atoms with E-state index in [4.69, 9.17) is 4.74 Å². The molecule has 0 spiro atoms. The van der Waals surface area contributed by atoms with Crippen LogP contribution >= 0.6 is 0 Å². The van der Waals surface area contributed by atoms with Crippen molar-refractivity contribution in [3.63, 3.8) is 0 Å². The van der Waals surface area contributed by atoms with Crippen molar-refractivity contribution in [2.75, 3.05) is 6.61 Å². The molecule has 0 heterocycles. The minimum Gasteiger partial charge on any atom is -0.462 e. The van der Waals surface area contributed by atoms with Crippen molar-refractivity contribution in [3.05, 3.63) is 72.9 Å². The van der Waals surface area contributed by atoms with Gasteiger partial charge in [-0.3, -0.25) is 9.59 Å². The predicted molar refractivity (Wildman–Crippen MR) is 268 cm³/mol. The zero-order valence-electron chi connectivity index (χ0n) is 40.7. The molecule has 0 bridgehead atoms. The standard InChI is InChI=1S/C56H99NO5/c1-4-7-10-13-16-19-21-23-25-26-27-28-30-32-34-37-40-43-46-49-56(61)62-52(47-44-41-38-36-33-31-29-24-22-20-17-14-11-8-5-2)50-55(60)57-53(51-58)54(59)48-45-42-39-35-18-15-12-9-6-3/h7,10,16,19,23-25,27-29,32,34,52-54,58-59H,4-6,8-9,11-15,17-18,20-22,26,30-31,33,35-51H2,1-3H3,(H,57,60)/b10-7-,19-16-,25-23-,28-27-,29-24+,34-32-. The molecule has 0 aromatic rings. The van der Waals surface area contributed by atoms with Crippen molar-refractivity contribution in [1.82, 2.24) is 5.32 Å². The summed E-state index contributed by atoms with van der Waals surface area (Å²) >= 11 is 0. The highest BCUT2D eigenvalue weighted by atomic mass is 16.5. The molecule has 0 aliphatic heterocycles. The van der Waals surface area contributed by atoms with E-state index in [1.807, 2.05) is 0 Å². The molecule has 0 saturated heterocycles. The second-order valence-corrected chi connectivity index (χ2v) is 17.5. The fourth-order valence-corrected chi connectivity index (χ4v) is 7.57. The molecule has 0 aliphatic carbocycles. The summed E-state index contributed by atoms with van der Waals surface area (Å²) in [5.74, 6) is -0.521. The Kier molecular flexibility index (Phi) is 47.2. The van der Waals surface area contributed by atoms with Crippen molar-refractivity contribution < 1.29 is 24.5 Å². The van der Waals surface area contributed by atoms with Crippen molar-refractivity contribution in [2.45, 2.75) is 264 Å². The second kappa shape index (κ2) is 49.3. The van der Waals surface area contributed by atoms with E-state index in [-0.39, 0.29) is 24.9 Å². The van der Waals surface area contributed by atoms with Crippen LogP contribution in [0, 0.1) is 0 Å². The lowest BCUT2D eigenvalue weighted by Gasteiger charge is -2.24. The molecule has 3 atom stereocenters. The molecular formula is C56H99NO5. The summed E-state index contributed by atoms with van der Waals surface area (Å²) in [6.45, 7) is 6.34. The van der Waals surface area contributed by atoms with E-state index in [0.717, 1.165) is 103 Å². The van der Waals surface area contributed by atoms with Gasteiger partial charge in [-0.15, -0.1) is 0 Å². The molecule has 0 aromatic heterocycles. The number of carbonyl (C=O) groups is 2. The summed E-state index contributed by atoms with van der Waals surface area (Å²) in [6, 6.07) is -0.712. The molecule has 0 aliphatic rings. The number of esters is 1. The van der Waals surface area contributed by atoms with Gasteiger partial charge in [-0.1, -0.05) is 209 Å². The van der Waals surface area contributed by atoms with Crippen LogP contribution in [0.15, 0.2) is 72.9 Å². The lowest BCUT2D eigenvalue weighted by Crippen LogP contribution is -2.46. The Balaban J connectivity index is 4.64. The smallest absolute Gasteiger partial charge is 0.306 e. The maximum Gasteiger partial charge on any atom is 0.306 e. The summed E-state index contributed by atoms with van der Waals surface area (Å²) in [7, 11) is 0. The van der Waals surface area contributed by atoms with Crippen LogP contribution in [-0.2, 0) is 14.3 Å². The van der Waals surface area contributed by atoms with Gasteiger partial charge in [-0.25, -0.2) is 0 Å². The summed E-state index contributed by atoms with van der Waals surface area (Å²) in [5.41, 5.74) is 0. The Morgan fingerprint density at radius 1 is 0.484 bits per heavy atom. The van der Waals surface area contributed by atoms with Gasteiger partial charge in [0.2, 0.25) is 5.91 Å². The first-order valence-electron chi connectivity index (χ1n) is 26.2. The van der Waals surface area contributed by atoms with Crippen LogP contribution in [0.5, 0.6) is 0 Å². The normalized spacial score (nSPS) is 13.8. The zero-order chi connectivity index (χ0) is 45.2. The van der Waals surface area contributed by atoms with Crippen molar-refractivity contribution >= 4 is 11.9 Å². The third-order valence-corrected chi connectivity index (χ3v) is 11.5. The van der Waals surface area contributed by atoms with Crippen LogP contribution in [0.25, 0.3) is 0 Å². The molecule has 62 heavy (non-hydrogen) atoms. The summed E-state index contributed by atoms with van der Waals surface area (Å²) in [5, 5.41) is 23.7. The lowest BCUT2D eigenvalue weighted by atomic mass is 10.0. The van der Waals surface area contributed by atoms with Crippen molar-refractivity contribution in [1.29, 1.82) is 0 Å².